The van der Waals surface area contributed by atoms with E-state index in [1.165, 1.54) is 26.4 Å². The number of para-hydroxylation sites is 1. The van der Waals surface area contributed by atoms with Crippen LogP contribution in [0.5, 0.6) is 5.75 Å². The average Bonchev–Trinajstić information content (AvgIpc) is 2.42. The van der Waals surface area contributed by atoms with Crippen molar-refractivity contribution in [2.24, 2.45) is 5.92 Å². The fourth-order valence-electron chi connectivity index (χ4n) is 2.56. The van der Waals surface area contributed by atoms with Gasteiger partial charge in [-0.15, -0.1) is 0 Å². The van der Waals surface area contributed by atoms with Gasteiger partial charge in [0.05, 0.1) is 18.4 Å². The molecular formula is C15H21NO3. The number of esters is 1. The first-order valence-corrected chi connectivity index (χ1v) is 6.77. The van der Waals surface area contributed by atoms with Gasteiger partial charge >= 0.3 is 5.97 Å². The van der Waals surface area contributed by atoms with Crippen LogP contribution in [-0.4, -0.2) is 19.2 Å². The molecule has 1 saturated carbocycles. The third kappa shape index (κ3) is 3.00. The molecule has 1 aromatic carbocycles. The smallest absolute Gasteiger partial charge is 0.340 e. The summed E-state index contributed by atoms with van der Waals surface area (Å²) in [5.74, 6) is 0.677. The van der Waals surface area contributed by atoms with E-state index in [1.807, 2.05) is 6.07 Å². The Balaban J connectivity index is 2.18. The van der Waals surface area contributed by atoms with E-state index in [-0.39, 0.29) is 6.10 Å². The van der Waals surface area contributed by atoms with Crippen LogP contribution in [0.15, 0.2) is 18.2 Å². The van der Waals surface area contributed by atoms with E-state index in [9.17, 15) is 4.79 Å². The summed E-state index contributed by atoms with van der Waals surface area (Å²) in [6.07, 6.45) is 4.86. The molecule has 0 heterocycles. The highest BCUT2D eigenvalue weighted by Crippen LogP contribution is 2.32. The molecule has 0 amide bonds. The monoisotopic (exact) mass is 263 g/mol. The van der Waals surface area contributed by atoms with Crippen LogP contribution in [-0.2, 0) is 4.74 Å². The van der Waals surface area contributed by atoms with Crippen molar-refractivity contribution in [1.82, 2.24) is 0 Å². The summed E-state index contributed by atoms with van der Waals surface area (Å²) in [7, 11) is 1.35. The Morgan fingerprint density at radius 2 is 2.05 bits per heavy atom. The van der Waals surface area contributed by atoms with Crippen LogP contribution in [0.3, 0.4) is 0 Å². The normalized spacial score (nSPS) is 22.8. The maximum atomic E-state index is 11.6. The first-order valence-electron chi connectivity index (χ1n) is 6.77. The molecule has 0 spiro atoms. The molecular weight excluding hydrogens is 242 g/mol. The van der Waals surface area contributed by atoms with Crippen molar-refractivity contribution in [2.45, 2.75) is 38.7 Å². The van der Waals surface area contributed by atoms with E-state index in [4.69, 9.17) is 15.2 Å². The summed E-state index contributed by atoms with van der Waals surface area (Å²) >= 11 is 0. The second-order valence-electron chi connectivity index (χ2n) is 5.13. The standard InChI is InChI=1S/C15H21NO3/c1-10-6-3-4-8-12(10)19-13-9-5-7-11(14(13)16)15(17)18-2/h5,7,9-10,12H,3-4,6,8,16H2,1-2H3. The van der Waals surface area contributed by atoms with Gasteiger partial charge in [0.15, 0.2) is 0 Å². The molecule has 4 heteroatoms. The van der Waals surface area contributed by atoms with Gasteiger partial charge in [0, 0.05) is 0 Å². The number of rotatable bonds is 3. The average molecular weight is 263 g/mol. The van der Waals surface area contributed by atoms with Gasteiger partial charge in [0.1, 0.15) is 11.9 Å². The number of hydrogen-bond donors (Lipinski definition) is 1. The summed E-state index contributed by atoms with van der Waals surface area (Å²) in [5.41, 5.74) is 6.73. The summed E-state index contributed by atoms with van der Waals surface area (Å²) in [6, 6.07) is 5.23. The minimum atomic E-state index is -0.431. The second kappa shape index (κ2) is 5.95. The quantitative estimate of drug-likeness (QED) is 0.672. The van der Waals surface area contributed by atoms with Gasteiger partial charge in [-0.2, -0.15) is 0 Å². The molecule has 0 aromatic heterocycles. The van der Waals surface area contributed by atoms with Crippen molar-refractivity contribution in [3.63, 3.8) is 0 Å². The van der Waals surface area contributed by atoms with Gasteiger partial charge in [-0.1, -0.05) is 19.4 Å². The number of methoxy groups -OCH3 is 1. The van der Waals surface area contributed by atoms with Gasteiger partial charge < -0.3 is 15.2 Å². The van der Waals surface area contributed by atoms with Gasteiger partial charge in [0.2, 0.25) is 0 Å². The van der Waals surface area contributed by atoms with Gasteiger partial charge in [-0.3, -0.25) is 0 Å². The van der Waals surface area contributed by atoms with E-state index in [2.05, 4.69) is 6.92 Å². The first kappa shape index (κ1) is 13.7. The highest BCUT2D eigenvalue weighted by molar-refractivity contribution is 5.96. The lowest BCUT2D eigenvalue weighted by molar-refractivity contribution is 0.0600. The number of hydrogen-bond acceptors (Lipinski definition) is 4. The molecule has 2 atom stereocenters. The lowest BCUT2D eigenvalue weighted by Gasteiger charge is -2.29. The Hall–Kier alpha value is -1.71. The molecule has 2 N–H and O–H groups in total. The Labute approximate surface area is 113 Å². The molecule has 0 bridgehead atoms. The largest absolute Gasteiger partial charge is 0.488 e. The fraction of sp³-hybridized carbons (Fsp3) is 0.533. The molecule has 0 radical (unpaired) electrons. The van der Waals surface area contributed by atoms with Gasteiger partial charge in [-0.05, 0) is 37.3 Å². The molecule has 4 nitrogen and oxygen atoms in total. The van der Waals surface area contributed by atoms with Crippen molar-refractivity contribution < 1.29 is 14.3 Å². The topological polar surface area (TPSA) is 61.5 Å². The van der Waals surface area contributed by atoms with E-state index in [0.717, 1.165) is 6.42 Å². The number of nitrogen functional groups attached to an aromatic ring is 1. The lowest BCUT2D eigenvalue weighted by Crippen LogP contribution is -2.28. The molecule has 2 unspecified atom stereocenters. The zero-order valence-electron chi connectivity index (χ0n) is 11.5. The molecule has 1 aliphatic carbocycles. The van der Waals surface area contributed by atoms with E-state index in [0.29, 0.717) is 22.9 Å². The Morgan fingerprint density at radius 1 is 1.32 bits per heavy atom. The highest BCUT2D eigenvalue weighted by atomic mass is 16.5. The molecule has 104 valence electrons. The van der Waals surface area contributed by atoms with Gasteiger partial charge in [-0.25, -0.2) is 4.79 Å². The number of anilines is 1. The SMILES string of the molecule is COC(=O)c1cccc(OC2CCCCC2C)c1N. The lowest BCUT2D eigenvalue weighted by atomic mass is 9.88. The van der Waals surface area contributed by atoms with Crippen LogP contribution in [0.4, 0.5) is 5.69 Å². The molecule has 0 saturated heterocycles. The van der Waals surface area contributed by atoms with Crippen molar-refractivity contribution >= 4 is 11.7 Å². The summed E-state index contributed by atoms with van der Waals surface area (Å²) < 4.78 is 10.7. The van der Waals surface area contributed by atoms with Crippen LogP contribution < -0.4 is 10.5 Å². The maximum Gasteiger partial charge on any atom is 0.340 e. The number of ether oxygens (including phenoxy) is 2. The summed E-state index contributed by atoms with van der Waals surface area (Å²) in [5, 5.41) is 0. The fourth-order valence-corrected chi connectivity index (χ4v) is 2.56. The number of benzene rings is 1. The van der Waals surface area contributed by atoms with Gasteiger partial charge in [0.25, 0.3) is 0 Å². The van der Waals surface area contributed by atoms with E-state index < -0.39 is 5.97 Å². The predicted octanol–water partition coefficient (Wildman–Crippen LogP) is 3.01. The second-order valence-corrected chi connectivity index (χ2v) is 5.13. The number of carbonyl (C=O) groups is 1. The van der Waals surface area contributed by atoms with Crippen LogP contribution >= 0.6 is 0 Å². The van der Waals surface area contributed by atoms with Crippen LogP contribution in [0.25, 0.3) is 0 Å². The van der Waals surface area contributed by atoms with Crippen LogP contribution in [0.2, 0.25) is 0 Å². The third-order valence-corrected chi connectivity index (χ3v) is 3.78. The highest BCUT2D eigenvalue weighted by Gasteiger charge is 2.24. The van der Waals surface area contributed by atoms with E-state index >= 15 is 0 Å². The molecule has 19 heavy (non-hydrogen) atoms. The number of carbonyl (C=O) groups excluding carboxylic acids is 1. The Morgan fingerprint density at radius 3 is 2.74 bits per heavy atom. The molecule has 1 aromatic rings. The zero-order valence-corrected chi connectivity index (χ0v) is 11.5. The summed E-state index contributed by atoms with van der Waals surface area (Å²) in [6.45, 7) is 2.20. The van der Waals surface area contributed by atoms with Crippen molar-refractivity contribution in [3.05, 3.63) is 23.8 Å². The van der Waals surface area contributed by atoms with E-state index in [1.54, 1.807) is 12.1 Å². The van der Waals surface area contributed by atoms with Crippen LogP contribution in [0.1, 0.15) is 43.0 Å². The Kier molecular flexibility index (Phi) is 4.30. The molecule has 0 aliphatic heterocycles. The van der Waals surface area contributed by atoms with Crippen LogP contribution in [0, 0.1) is 5.92 Å². The minimum Gasteiger partial charge on any atom is -0.488 e. The molecule has 1 aliphatic rings. The Bertz CT molecular complexity index is 459. The third-order valence-electron chi connectivity index (χ3n) is 3.78. The van der Waals surface area contributed by atoms with Crippen molar-refractivity contribution in [3.8, 4) is 5.75 Å². The van der Waals surface area contributed by atoms with Crippen molar-refractivity contribution in [1.29, 1.82) is 0 Å². The predicted molar refractivity (Wildman–Crippen MR) is 74.2 cm³/mol. The zero-order chi connectivity index (χ0) is 13.8. The summed E-state index contributed by atoms with van der Waals surface area (Å²) in [4.78, 5) is 11.6. The molecule has 2 rings (SSSR count). The molecule has 1 fully saturated rings. The number of nitrogens with two attached hydrogens (primary N) is 1. The van der Waals surface area contributed by atoms with Crippen molar-refractivity contribution in [2.75, 3.05) is 12.8 Å². The minimum absolute atomic E-state index is 0.184. The maximum absolute atomic E-state index is 11.6. The first-order chi connectivity index (χ1) is 9.13.